The molecular weight excluding hydrogens is 1310 g/mol. The van der Waals surface area contributed by atoms with E-state index in [0.29, 0.717) is 59.3 Å². The quantitative estimate of drug-likeness (QED) is 0.0411. The second-order valence-corrected chi connectivity index (χ2v) is 31.6. The summed E-state index contributed by atoms with van der Waals surface area (Å²) in [5.41, 5.74) is 15.2. The van der Waals surface area contributed by atoms with Crippen LogP contribution in [0.1, 0.15) is 123 Å². The molecule has 13 nitrogen and oxygen atoms in total. The molecule has 3 N–H and O–H groups in total. The van der Waals surface area contributed by atoms with Gasteiger partial charge < -0.3 is 58.2 Å². The number of nitrogens with two attached hydrogens (primary N) is 1. The smallest absolute Gasteiger partial charge is 0.303 e. The molecule has 0 bridgehead atoms. The maximum atomic E-state index is 12.9. The van der Waals surface area contributed by atoms with E-state index in [1.54, 1.807) is 0 Å². The van der Waals surface area contributed by atoms with Crippen LogP contribution in [0, 0.1) is 58.2 Å². The summed E-state index contributed by atoms with van der Waals surface area (Å²) in [5, 5.41) is 10.6. The first kappa shape index (κ1) is 74.6. The number of fused-ring (bicyclic) bond motifs is 5. The Balaban J connectivity index is 0.922. The Morgan fingerprint density at radius 3 is 1.17 bits per heavy atom. The molecule has 4 aliphatic carbocycles. The van der Waals surface area contributed by atoms with Crippen LogP contribution in [0.4, 0.5) is 0 Å². The minimum Gasteiger partial charge on any atom is -0.481 e. The van der Waals surface area contributed by atoms with Crippen LogP contribution in [0.3, 0.4) is 0 Å². The minimum absolute atomic E-state index is 0.0366. The van der Waals surface area contributed by atoms with Gasteiger partial charge in [-0.15, -0.1) is 0 Å². The molecule has 6 fully saturated rings. The highest BCUT2D eigenvalue weighted by Gasteiger charge is 2.70. The third-order valence-electron chi connectivity index (χ3n) is 25.3. The standard InChI is InChI=1S/C92H109NO12/c1-63(44-47-81(94)95)75-45-46-76-82-74(83-87(100-57-68-36-20-8-21-37-68)89(102-59-70-40-24-10-25-41-70)85(98-55-66-32-16-6-17-33-66)79(104-83)61-96-53-64-28-12-4-13-29-64)51-72-50-73(93)48-49-91(72,2)77(82)52-78(92(75,76)3)84-88(101-58-69-38-22-9-23-39-69)90(103-60-71-42-26-11-27-43-71)86(99-56-67-34-18-7-19-35-67)80(105-84)62-97-54-65-30-14-5-15-31-65/h4-43,63,72-80,82-90H,44-62,93H2,1-3H3,(H,94,95)/t63-,72?,73-,74+,75-,76+,77+,78+,79-,80-,82+,83?,84+,85-,86-,87+,88+,89+,90+,91+,92-/m1/s1. The number of hydrogen-bond acceptors (Lipinski definition) is 12. The maximum absolute atomic E-state index is 12.9. The highest BCUT2D eigenvalue weighted by Crippen LogP contribution is 2.73. The van der Waals surface area contributed by atoms with Gasteiger partial charge in [-0.05, 0) is 154 Å². The number of aliphatic carboxylic acids is 1. The summed E-state index contributed by atoms with van der Waals surface area (Å²) in [6.45, 7) is 10.8. The van der Waals surface area contributed by atoms with Gasteiger partial charge >= 0.3 is 5.97 Å². The van der Waals surface area contributed by atoms with E-state index in [1.807, 2.05) is 36.4 Å². The largest absolute Gasteiger partial charge is 0.481 e. The first-order valence-electron chi connectivity index (χ1n) is 38.9. The van der Waals surface area contributed by atoms with E-state index < -0.39 is 72.4 Å². The maximum Gasteiger partial charge on any atom is 0.303 e. The Hall–Kier alpha value is -7.21. The van der Waals surface area contributed by atoms with Crippen LogP contribution >= 0.6 is 0 Å². The molecule has 0 amide bonds. The molecule has 14 rings (SSSR count). The van der Waals surface area contributed by atoms with Crippen molar-refractivity contribution < 1.29 is 57.3 Å². The van der Waals surface area contributed by atoms with Crippen molar-refractivity contribution in [1.82, 2.24) is 0 Å². The summed E-state index contributed by atoms with van der Waals surface area (Å²) in [7, 11) is 0. The van der Waals surface area contributed by atoms with E-state index in [2.05, 4.69) is 227 Å². The monoisotopic (exact) mass is 1420 g/mol. The van der Waals surface area contributed by atoms with Crippen molar-refractivity contribution in [2.75, 3.05) is 13.2 Å². The molecule has 105 heavy (non-hydrogen) atoms. The lowest BCUT2D eigenvalue weighted by atomic mass is 9.39. The number of rotatable bonds is 32. The van der Waals surface area contributed by atoms with Crippen LogP contribution in [0.5, 0.6) is 0 Å². The van der Waals surface area contributed by atoms with Gasteiger partial charge in [-0.2, -0.15) is 0 Å². The second kappa shape index (κ2) is 35.7. The zero-order valence-corrected chi connectivity index (χ0v) is 61.5. The summed E-state index contributed by atoms with van der Waals surface area (Å²) in [6, 6.07) is 83.4. The fourth-order valence-corrected chi connectivity index (χ4v) is 20.1. The Kier molecular flexibility index (Phi) is 25.4. The van der Waals surface area contributed by atoms with Gasteiger partial charge in [0.25, 0.3) is 0 Å². The van der Waals surface area contributed by atoms with Crippen molar-refractivity contribution in [2.24, 2.45) is 63.9 Å². The first-order valence-corrected chi connectivity index (χ1v) is 38.9. The number of benzene rings is 8. The second-order valence-electron chi connectivity index (χ2n) is 31.6. The Bertz CT molecular complexity index is 3890. The summed E-state index contributed by atoms with van der Waals surface area (Å²) in [5.74, 6) is -0.195. The Morgan fingerprint density at radius 1 is 0.429 bits per heavy atom. The molecule has 21 atom stereocenters. The molecule has 6 aliphatic rings. The molecular formula is C92H109NO12. The molecule has 0 radical (unpaired) electrons. The van der Waals surface area contributed by atoms with Crippen molar-refractivity contribution >= 4 is 5.97 Å². The predicted octanol–water partition coefficient (Wildman–Crippen LogP) is 17.4. The predicted molar refractivity (Wildman–Crippen MR) is 407 cm³/mol. The fourth-order valence-electron chi connectivity index (χ4n) is 20.1. The van der Waals surface area contributed by atoms with Crippen LogP contribution in [-0.4, -0.2) is 91.4 Å². The van der Waals surface area contributed by atoms with E-state index in [1.165, 1.54) is 0 Å². The average molecular weight is 1420 g/mol. The van der Waals surface area contributed by atoms with E-state index in [4.69, 9.17) is 53.1 Å². The zero-order valence-electron chi connectivity index (χ0n) is 61.5. The van der Waals surface area contributed by atoms with E-state index in [9.17, 15) is 9.90 Å². The third kappa shape index (κ3) is 17.8. The topological polar surface area (TPSA) is 156 Å². The van der Waals surface area contributed by atoms with Gasteiger partial charge in [0, 0.05) is 12.5 Å². The Labute approximate surface area is 622 Å². The summed E-state index contributed by atoms with van der Waals surface area (Å²) >= 11 is 0. The SMILES string of the molecule is C[C@H](CCC(=O)O)[C@H]1CC[C@H]2[C@@H]3[C@@H](C4O[C@H](COCc5ccccc5)[C@@H](OCc5ccccc5)[C@H](OCc5ccccc5)[C@H]4OCc4ccccc4)CC4C[C@H](N)CC[C@]4(C)[C@H]3C[C@@H]([C@@H]3O[C@H](COCc4ccccc4)[C@@H](OCc4ccccc4)[C@H](OCc4ccccc4)[C@H]3OCc3ccccc3)[C@]12C. The van der Waals surface area contributed by atoms with Gasteiger partial charge in [-0.1, -0.05) is 263 Å². The minimum atomic E-state index is -0.778. The van der Waals surface area contributed by atoms with Gasteiger partial charge in [0.15, 0.2) is 0 Å². The third-order valence-corrected chi connectivity index (χ3v) is 25.3. The lowest BCUT2D eigenvalue weighted by Crippen LogP contribution is -2.70. The van der Waals surface area contributed by atoms with Crippen molar-refractivity contribution in [3.05, 3.63) is 287 Å². The number of carboxylic acid groups (broad SMARTS) is 1. The molecule has 2 unspecified atom stereocenters. The van der Waals surface area contributed by atoms with Crippen LogP contribution in [-0.2, 0) is 105 Å². The van der Waals surface area contributed by atoms with Gasteiger partial charge in [-0.3, -0.25) is 4.79 Å². The van der Waals surface area contributed by atoms with Crippen molar-refractivity contribution in [2.45, 2.75) is 198 Å². The molecule has 554 valence electrons. The molecule has 2 saturated heterocycles. The molecule has 2 heterocycles. The molecule has 8 aromatic carbocycles. The molecule has 13 heteroatoms. The van der Waals surface area contributed by atoms with Crippen molar-refractivity contribution in [1.29, 1.82) is 0 Å². The lowest BCUT2D eigenvalue weighted by molar-refractivity contribution is -0.312. The van der Waals surface area contributed by atoms with Gasteiger partial charge in [0.05, 0.1) is 78.3 Å². The number of hydrogen-bond donors (Lipinski definition) is 2. The van der Waals surface area contributed by atoms with E-state index in [0.717, 1.165) is 89.5 Å². The highest BCUT2D eigenvalue weighted by atomic mass is 16.6. The number of carboxylic acids is 1. The summed E-state index contributed by atoms with van der Waals surface area (Å²) in [6.07, 6.45) is 1.09. The first-order chi connectivity index (χ1) is 51.5. The molecule has 4 saturated carbocycles. The highest BCUT2D eigenvalue weighted by molar-refractivity contribution is 5.66. The van der Waals surface area contributed by atoms with E-state index >= 15 is 0 Å². The Morgan fingerprint density at radius 2 is 0.781 bits per heavy atom. The van der Waals surface area contributed by atoms with Gasteiger partial charge in [0.1, 0.15) is 48.8 Å². The van der Waals surface area contributed by atoms with Gasteiger partial charge in [-0.25, -0.2) is 0 Å². The van der Waals surface area contributed by atoms with Crippen molar-refractivity contribution in [3.8, 4) is 0 Å². The van der Waals surface area contributed by atoms with Crippen LogP contribution in [0.2, 0.25) is 0 Å². The molecule has 8 aromatic rings. The lowest BCUT2D eigenvalue weighted by Gasteiger charge is -2.68. The normalized spacial score (nSPS) is 31.8. The van der Waals surface area contributed by atoms with Crippen molar-refractivity contribution in [3.63, 3.8) is 0 Å². The summed E-state index contributed by atoms with van der Waals surface area (Å²) in [4.78, 5) is 12.9. The number of ether oxygens (including phenoxy) is 10. The van der Waals surface area contributed by atoms with Crippen LogP contribution < -0.4 is 5.73 Å². The summed E-state index contributed by atoms with van der Waals surface area (Å²) < 4.78 is 75.6. The number of carbonyl (C=O) groups is 1. The molecule has 0 aromatic heterocycles. The van der Waals surface area contributed by atoms with Gasteiger partial charge in [0.2, 0.25) is 0 Å². The molecule has 0 spiro atoms. The van der Waals surface area contributed by atoms with Crippen LogP contribution in [0.15, 0.2) is 243 Å². The van der Waals surface area contributed by atoms with E-state index in [-0.39, 0.29) is 78.4 Å². The average Bonchev–Trinajstić information content (AvgIpc) is 1.68. The van der Waals surface area contributed by atoms with Crippen LogP contribution in [0.25, 0.3) is 0 Å². The molecule has 2 aliphatic heterocycles. The zero-order chi connectivity index (χ0) is 72.0. The fraction of sp³-hybridized carbons (Fsp3) is 0.467.